The van der Waals surface area contributed by atoms with E-state index in [0.29, 0.717) is 17.2 Å². The number of amides is 1. The summed E-state index contributed by atoms with van der Waals surface area (Å²) in [6, 6.07) is 4.99. The van der Waals surface area contributed by atoms with Crippen LogP contribution >= 0.6 is 27.5 Å². The zero-order valence-electron chi connectivity index (χ0n) is 9.83. The molecule has 0 fully saturated rings. The van der Waals surface area contributed by atoms with Crippen molar-refractivity contribution in [1.82, 2.24) is 5.32 Å². The van der Waals surface area contributed by atoms with Crippen molar-refractivity contribution in [2.24, 2.45) is 0 Å². The van der Waals surface area contributed by atoms with E-state index < -0.39 is 0 Å². The molecule has 1 aromatic rings. The Morgan fingerprint density at radius 1 is 1.44 bits per heavy atom. The second kappa shape index (κ2) is 7.38. The van der Waals surface area contributed by atoms with Crippen molar-refractivity contribution in [3.63, 3.8) is 0 Å². The molecule has 0 atom stereocenters. The number of esters is 1. The maximum absolute atomic E-state index is 11.8. The van der Waals surface area contributed by atoms with Crippen LogP contribution in [0.25, 0.3) is 0 Å². The third-order valence-corrected chi connectivity index (χ3v) is 2.90. The Morgan fingerprint density at radius 2 is 2.17 bits per heavy atom. The molecule has 0 saturated carbocycles. The molecule has 0 heterocycles. The van der Waals surface area contributed by atoms with E-state index in [1.807, 2.05) is 0 Å². The summed E-state index contributed by atoms with van der Waals surface area (Å²) in [6.07, 6.45) is 0.147. The molecule has 0 unspecified atom stereocenters. The van der Waals surface area contributed by atoms with E-state index in [-0.39, 0.29) is 24.8 Å². The average Bonchev–Trinajstić information content (AvgIpc) is 2.29. The summed E-state index contributed by atoms with van der Waals surface area (Å²) < 4.78 is 5.55. The average molecular weight is 335 g/mol. The predicted octanol–water partition coefficient (Wildman–Crippen LogP) is 2.79. The standard InChI is InChI=1S/C12H13BrClNO3/c1-2-18-11(16)5-6-15-12(17)9-4-3-8(13)7-10(9)14/h3-4,7H,2,5-6H2,1H3,(H,15,17). The molecule has 0 bridgehead atoms. The molecule has 1 N–H and O–H groups in total. The minimum absolute atomic E-state index is 0.147. The van der Waals surface area contributed by atoms with Crippen molar-refractivity contribution in [1.29, 1.82) is 0 Å². The quantitative estimate of drug-likeness (QED) is 0.842. The molecule has 1 rings (SSSR count). The van der Waals surface area contributed by atoms with Crippen LogP contribution in [-0.2, 0) is 9.53 Å². The van der Waals surface area contributed by atoms with E-state index in [2.05, 4.69) is 21.2 Å². The number of ether oxygens (including phenoxy) is 1. The van der Waals surface area contributed by atoms with Gasteiger partial charge in [-0.1, -0.05) is 27.5 Å². The number of hydrogen-bond donors (Lipinski definition) is 1. The highest BCUT2D eigenvalue weighted by atomic mass is 79.9. The largest absolute Gasteiger partial charge is 0.466 e. The first kappa shape index (κ1) is 15.0. The van der Waals surface area contributed by atoms with Crippen LogP contribution in [0.5, 0.6) is 0 Å². The van der Waals surface area contributed by atoms with Gasteiger partial charge in [-0.2, -0.15) is 0 Å². The Hall–Kier alpha value is -1.07. The van der Waals surface area contributed by atoms with Crippen LogP contribution in [0.4, 0.5) is 0 Å². The molecule has 1 amide bonds. The van der Waals surface area contributed by atoms with Crippen molar-refractivity contribution in [2.75, 3.05) is 13.2 Å². The Kier molecular flexibility index (Phi) is 6.15. The smallest absolute Gasteiger partial charge is 0.307 e. The fourth-order valence-electron chi connectivity index (χ4n) is 1.28. The minimum Gasteiger partial charge on any atom is -0.466 e. The molecular weight excluding hydrogens is 321 g/mol. The monoisotopic (exact) mass is 333 g/mol. The van der Waals surface area contributed by atoms with Crippen LogP contribution in [0.1, 0.15) is 23.7 Å². The van der Waals surface area contributed by atoms with Gasteiger partial charge in [0.15, 0.2) is 0 Å². The van der Waals surface area contributed by atoms with Crippen LogP contribution in [0.15, 0.2) is 22.7 Å². The van der Waals surface area contributed by atoms with Gasteiger partial charge in [0.1, 0.15) is 0 Å². The number of hydrogen-bond acceptors (Lipinski definition) is 3. The predicted molar refractivity (Wildman–Crippen MR) is 72.7 cm³/mol. The Labute approximate surface area is 119 Å². The van der Waals surface area contributed by atoms with E-state index in [1.165, 1.54) is 0 Å². The highest BCUT2D eigenvalue weighted by molar-refractivity contribution is 9.10. The lowest BCUT2D eigenvalue weighted by atomic mass is 10.2. The van der Waals surface area contributed by atoms with Crippen LogP contribution in [0, 0.1) is 0 Å². The van der Waals surface area contributed by atoms with E-state index in [4.69, 9.17) is 16.3 Å². The fourth-order valence-corrected chi connectivity index (χ4v) is 2.04. The van der Waals surface area contributed by atoms with Gasteiger partial charge in [-0.15, -0.1) is 0 Å². The van der Waals surface area contributed by atoms with Gasteiger partial charge in [-0.05, 0) is 25.1 Å². The second-order valence-electron chi connectivity index (χ2n) is 3.44. The normalized spacial score (nSPS) is 9.94. The Morgan fingerprint density at radius 3 is 2.78 bits per heavy atom. The SMILES string of the molecule is CCOC(=O)CCNC(=O)c1ccc(Br)cc1Cl. The van der Waals surface area contributed by atoms with E-state index in [1.54, 1.807) is 25.1 Å². The van der Waals surface area contributed by atoms with Crippen molar-refractivity contribution >= 4 is 39.4 Å². The molecule has 18 heavy (non-hydrogen) atoms. The highest BCUT2D eigenvalue weighted by Crippen LogP contribution is 2.21. The maximum atomic E-state index is 11.8. The minimum atomic E-state index is -0.334. The number of halogens is 2. The molecule has 0 spiro atoms. The highest BCUT2D eigenvalue weighted by Gasteiger charge is 2.10. The van der Waals surface area contributed by atoms with Crippen molar-refractivity contribution in [3.8, 4) is 0 Å². The molecule has 0 saturated heterocycles. The first-order chi connectivity index (χ1) is 8.54. The van der Waals surface area contributed by atoms with Gasteiger partial charge in [0.2, 0.25) is 0 Å². The van der Waals surface area contributed by atoms with Gasteiger partial charge >= 0.3 is 5.97 Å². The molecular formula is C12H13BrClNO3. The van der Waals surface area contributed by atoms with Crippen LogP contribution < -0.4 is 5.32 Å². The third kappa shape index (κ3) is 4.66. The van der Waals surface area contributed by atoms with Crippen LogP contribution in [-0.4, -0.2) is 25.0 Å². The van der Waals surface area contributed by atoms with E-state index >= 15 is 0 Å². The van der Waals surface area contributed by atoms with Crippen molar-refractivity contribution in [2.45, 2.75) is 13.3 Å². The molecule has 0 aromatic heterocycles. The van der Waals surface area contributed by atoms with Crippen molar-refractivity contribution in [3.05, 3.63) is 33.3 Å². The number of nitrogens with one attached hydrogen (secondary N) is 1. The lowest BCUT2D eigenvalue weighted by molar-refractivity contribution is -0.142. The summed E-state index contributed by atoms with van der Waals surface area (Å²) >= 11 is 9.19. The van der Waals surface area contributed by atoms with Gasteiger partial charge in [-0.25, -0.2) is 0 Å². The number of carbonyl (C=O) groups is 2. The summed E-state index contributed by atoms with van der Waals surface area (Å²) in [5.41, 5.74) is 0.378. The van der Waals surface area contributed by atoms with Gasteiger partial charge in [0.05, 0.1) is 23.6 Å². The molecule has 0 aliphatic rings. The number of rotatable bonds is 5. The topological polar surface area (TPSA) is 55.4 Å². The zero-order valence-corrected chi connectivity index (χ0v) is 12.2. The molecule has 6 heteroatoms. The van der Waals surface area contributed by atoms with Crippen LogP contribution in [0.3, 0.4) is 0 Å². The molecule has 98 valence electrons. The molecule has 0 aliphatic carbocycles. The second-order valence-corrected chi connectivity index (χ2v) is 4.76. The van der Waals surface area contributed by atoms with Crippen molar-refractivity contribution < 1.29 is 14.3 Å². The summed E-state index contributed by atoms with van der Waals surface area (Å²) in [6.45, 7) is 2.30. The van der Waals surface area contributed by atoms with E-state index in [9.17, 15) is 9.59 Å². The molecule has 4 nitrogen and oxygen atoms in total. The first-order valence-corrected chi connectivity index (χ1v) is 6.60. The summed E-state index contributed by atoms with van der Waals surface area (Å²) in [5.74, 6) is -0.642. The van der Waals surface area contributed by atoms with Crippen LogP contribution in [0.2, 0.25) is 5.02 Å². The Balaban J connectivity index is 2.48. The molecule has 1 aromatic carbocycles. The third-order valence-electron chi connectivity index (χ3n) is 2.10. The summed E-state index contributed by atoms with van der Waals surface area (Å²) in [5, 5.41) is 2.97. The maximum Gasteiger partial charge on any atom is 0.307 e. The summed E-state index contributed by atoms with van der Waals surface area (Å²) in [4.78, 5) is 22.8. The Bertz CT molecular complexity index is 451. The first-order valence-electron chi connectivity index (χ1n) is 5.43. The lowest BCUT2D eigenvalue weighted by Gasteiger charge is -2.06. The number of benzene rings is 1. The van der Waals surface area contributed by atoms with Gasteiger partial charge < -0.3 is 10.1 Å². The summed E-state index contributed by atoms with van der Waals surface area (Å²) in [7, 11) is 0. The lowest BCUT2D eigenvalue weighted by Crippen LogP contribution is -2.26. The molecule has 0 aliphatic heterocycles. The van der Waals surface area contributed by atoms with Gasteiger partial charge in [-0.3, -0.25) is 9.59 Å². The van der Waals surface area contributed by atoms with Gasteiger partial charge in [0, 0.05) is 11.0 Å². The zero-order chi connectivity index (χ0) is 13.5. The number of carbonyl (C=O) groups excluding carboxylic acids is 2. The van der Waals surface area contributed by atoms with E-state index in [0.717, 1.165) is 4.47 Å². The molecule has 0 radical (unpaired) electrons. The van der Waals surface area contributed by atoms with Gasteiger partial charge in [0.25, 0.3) is 5.91 Å². The fraction of sp³-hybridized carbons (Fsp3) is 0.333.